The van der Waals surface area contributed by atoms with Crippen molar-refractivity contribution in [1.82, 2.24) is 0 Å². The van der Waals surface area contributed by atoms with Crippen LogP contribution in [0, 0.1) is 0 Å². The lowest BCUT2D eigenvalue weighted by molar-refractivity contribution is -0.137. The molecule has 0 bridgehead atoms. The van der Waals surface area contributed by atoms with Gasteiger partial charge in [0, 0.05) is 12.0 Å². The Kier molecular flexibility index (Phi) is 4.22. The molecule has 0 saturated heterocycles. The largest absolute Gasteiger partial charge is 0.417 e. The summed E-state index contributed by atoms with van der Waals surface area (Å²) in [4.78, 5) is 8.45. The van der Waals surface area contributed by atoms with Gasteiger partial charge in [0.15, 0.2) is 0 Å². The van der Waals surface area contributed by atoms with E-state index in [9.17, 15) is 13.2 Å². The Bertz CT molecular complexity index is 813. The van der Waals surface area contributed by atoms with Gasteiger partial charge in [-0.15, -0.1) is 0 Å². The Morgan fingerprint density at radius 1 is 1.00 bits per heavy atom. The number of rotatable bonds is 2. The minimum atomic E-state index is -4.46. The van der Waals surface area contributed by atoms with Gasteiger partial charge in [0.25, 0.3) is 0 Å². The molecule has 1 atom stereocenters. The number of nitrogens with zero attached hydrogens (tertiary/aromatic N) is 2. The van der Waals surface area contributed by atoms with Gasteiger partial charge in [0.05, 0.1) is 16.8 Å². The van der Waals surface area contributed by atoms with E-state index in [0.717, 1.165) is 11.6 Å². The minimum Gasteiger partial charge on any atom is -0.244 e. The van der Waals surface area contributed by atoms with Crippen LogP contribution in [-0.2, 0) is 11.7 Å². The van der Waals surface area contributed by atoms with Gasteiger partial charge in [-0.3, -0.25) is 0 Å². The predicted octanol–water partition coefficient (Wildman–Crippen LogP) is 5.41. The first kappa shape index (κ1) is 16.7. The summed E-state index contributed by atoms with van der Waals surface area (Å²) < 4.78 is 39.9. The average Bonchev–Trinajstić information content (AvgIpc) is 2.54. The lowest BCUT2D eigenvalue weighted by Crippen LogP contribution is -2.29. The second-order valence-electron chi connectivity index (χ2n) is 5.80. The zero-order chi connectivity index (χ0) is 17.4. The summed E-state index contributed by atoms with van der Waals surface area (Å²) in [6, 6.07) is 14.8. The van der Waals surface area contributed by atoms with Crippen LogP contribution >= 0.6 is 11.6 Å². The van der Waals surface area contributed by atoms with E-state index in [-0.39, 0.29) is 23.0 Å². The van der Waals surface area contributed by atoms with Crippen LogP contribution in [-0.4, -0.2) is 11.0 Å². The van der Waals surface area contributed by atoms with Gasteiger partial charge in [-0.05, 0) is 30.2 Å². The van der Waals surface area contributed by atoms with Crippen molar-refractivity contribution in [3.63, 3.8) is 0 Å². The molecule has 0 fully saturated rings. The summed E-state index contributed by atoms with van der Waals surface area (Å²) in [5, 5.41) is -0.0421. The first-order valence-electron chi connectivity index (χ1n) is 7.35. The molecule has 0 aliphatic carbocycles. The lowest BCUT2D eigenvalue weighted by Gasteiger charge is -2.30. The molecular formula is C18H14ClF3N2. The molecule has 124 valence electrons. The summed E-state index contributed by atoms with van der Waals surface area (Å²) in [6.07, 6.45) is -4.22. The molecule has 1 aliphatic rings. The third kappa shape index (κ3) is 3.22. The molecule has 1 aliphatic heterocycles. The second-order valence-corrected chi connectivity index (χ2v) is 6.14. The molecule has 2 nitrogen and oxygen atoms in total. The fourth-order valence-electron chi connectivity index (χ4n) is 2.85. The van der Waals surface area contributed by atoms with E-state index in [2.05, 4.69) is 9.98 Å². The Labute approximate surface area is 142 Å². The first-order valence-corrected chi connectivity index (χ1v) is 7.72. The third-order valence-electron chi connectivity index (χ3n) is 4.02. The molecule has 0 N–H and O–H groups in total. The Hall–Kier alpha value is -2.14. The molecule has 0 spiro atoms. The van der Waals surface area contributed by atoms with Crippen molar-refractivity contribution in [3.05, 3.63) is 71.3 Å². The fourth-order valence-corrected chi connectivity index (χ4v) is 3.13. The van der Waals surface area contributed by atoms with Crippen LogP contribution in [0.2, 0.25) is 0 Å². The molecule has 6 heteroatoms. The zero-order valence-electron chi connectivity index (χ0n) is 12.8. The molecule has 0 aromatic heterocycles. The number of alkyl halides is 3. The molecule has 24 heavy (non-hydrogen) atoms. The van der Waals surface area contributed by atoms with Crippen LogP contribution < -0.4 is 0 Å². The van der Waals surface area contributed by atoms with Crippen molar-refractivity contribution < 1.29 is 13.2 Å². The maximum absolute atomic E-state index is 13.3. The van der Waals surface area contributed by atoms with Crippen molar-refractivity contribution >= 4 is 22.6 Å². The van der Waals surface area contributed by atoms with Crippen LogP contribution in [0.5, 0.6) is 0 Å². The highest BCUT2D eigenvalue weighted by Crippen LogP contribution is 2.38. The Morgan fingerprint density at radius 2 is 1.62 bits per heavy atom. The molecule has 3 rings (SSSR count). The van der Waals surface area contributed by atoms with E-state index in [0.29, 0.717) is 0 Å². The van der Waals surface area contributed by atoms with Gasteiger partial charge >= 0.3 is 6.18 Å². The summed E-state index contributed by atoms with van der Waals surface area (Å²) in [7, 11) is 0. The van der Waals surface area contributed by atoms with E-state index < -0.39 is 17.3 Å². The first-order chi connectivity index (χ1) is 11.3. The molecular weight excluding hydrogens is 337 g/mol. The number of amidine groups is 1. The third-order valence-corrected chi connectivity index (χ3v) is 4.19. The number of hydrogen-bond donors (Lipinski definition) is 0. The Balaban J connectivity index is 2.07. The van der Waals surface area contributed by atoms with Crippen molar-refractivity contribution in [2.24, 2.45) is 9.98 Å². The molecule has 0 radical (unpaired) electrons. The molecule has 0 saturated carbocycles. The average molecular weight is 351 g/mol. The van der Waals surface area contributed by atoms with E-state index in [1.165, 1.54) is 12.1 Å². The zero-order valence-corrected chi connectivity index (χ0v) is 13.6. The highest BCUT2D eigenvalue weighted by Gasteiger charge is 2.37. The van der Waals surface area contributed by atoms with Crippen molar-refractivity contribution in [3.8, 4) is 0 Å². The van der Waals surface area contributed by atoms with E-state index in [1.807, 2.05) is 37.3 Å². The number of halogens is 4. The van der Waals surface area contributed by atoms with Gasteiger partial charge in [0.1, 0.15) is 0 Å². The Morgan fingerprint density at radius 3 is 2.29 bits per heavy atom. The van der Waals surface area contributed by atoms with Gasteiger partial charge in [-0.25, -0.2) is 9.98 Å². The topological polar surface area (TPSA) is 24.7 Å². The molecule has 2 aromatic rings. The summed E-state index contributed by atoms with van der Waals surface area (Å²) >= 11 is 6.04. The van der Waals surface area contributed by atoms with Crippen LogP contribution in [0.25, 0.3) is 0 Å². The monoisotopic (exact) mass is 350 g/mol. The van der Waals surface area contributed by atoms with E-state index in [1.54, 1.807) is 6.07 Å². The number of aliphatic imine (C=N–C) groups is 2. The van der Waals surface area contributed by atoms with Crippen LogP contribution in [0.15, 0.2) is 64.6 Å². The normalized spacial score (nSPS) is 21.2. The summed E-state index contributed by atoms with van der Waals surface area (Å²) in [5.74, 6) is 0. The SMILES string of the molecule is CC1(c2ccccc2)CC(c2ccccc2C(F)(F)F)=NC(Cl)=N1. The highest BCUT2D eigenvalue weighted by atomic mass is 35.5. The predicted molar refractivity (Wildman–Crippen MR) is 89.7 cm³/mol. The standard InChI is InChI=1S/C18H14ClF3N2/c1-17(12-7-3-2-4-8-12)11-15(23-16(19)24-17)13-9-5-6-10-14(13)18(20,21)22/h2-10H,11H2,1H3. The van der Waals surface area contributed by atoms with E-state index in [4.69, 9.17) is 11.6 Å². The maximum atomic E-state index is 13.3. The van der Waals surface area contributed by atoms with Gasteiger partial charge in [0.2, 0.25) is 5.29 Å². The second kappa shape index (κ2) is 6.06. The van der Waals surface area contributed by atoms with Crippen molar-refractivity contribution in [2.45, 2.75) is 25.1 Å². The molecule has 1 heterocycles. The fraction of sp³-hybridized carbons (Fsp3) is 0.222. The minimum absolute atomic E-state index is 0.0419. The quantitative estimate of drug-likeness (QED) is 0.647. The number of benzene rings is 2. The molecule has 1 unspecified atom stereocenters. The smallest absolute Gasteiger partial charge is 0.244 e. The lowest BCUT2D eigenvalue weighted by atomic mass is 9.84. The summed E-state index contributed by atoms with van der Waals surface area (Å²) in [6.45, 7) is 1.84. The molecule has 0 amide bonds. The molecule has 2 aromatic carbocycles. The summed E-state index contributed by atoms with van der Waals surface area (Å²) in [5.41, 5.74) is -0.270. The van der Waals surface area contributed by atoms with E-state index >= 15 is 0 Å². The van der Waals surface area contributed by atoms with Crippen molar-refractivity contribution in [2.75, 3.05) is 0 Å². The van der Waals surface area contributed by atoms with Crippen molar-refractivity contribution in [1.29, 1.82) is 0 Å². The van der Waals surface area contributed by atoms with Crippen LogP contribution in [0.1, 0.15) is 30.0 Å². The van der Waals surface area contributed by atoms with Crippen LogP contribution in [0.3, 0.4) is 0 Å². The van der Waals surface area contributed by atoms with Gasteiger partial charge in [-0.2, -0.15) is 13.2 Å². The maximum Gasteiger partial charge on any atom is 0.417 e. The number of hydrogen-bond acceptors (Lipinski definition) is 2. The van der Waals surface area contributed by atoms with Gasteiger partial charge < -0.3 is 0 Å². The van der Waals surface area contributed by atoms with Crippen LogP contribution in [0.4, 0.5) is 13.2 Å². The highest BCUT2D eigenvalue weighted by molar-refractivity contribution is 6.66. The van der Waals surface area contributed by atoms with Gasteiger partial charge in [-0.1, -0.05) is 48.5 Å².